The molecule has 7 heteroatoms. The third-order valence-electron chi connectivity index (χ3n) is 4.98. The molecule has 132 valence electrons. The highest BCUT2D eigenvalue weighted by Gasteiger charge is 2.63. The lowest BCUT2D eigenvalue weighted by molar-refractivity contribution is -0.138. The molecule has 0 saturated carbocycles. The second kappa shape index (κ2) is 5.32. The maximum atomic E-state index is 13.6. The van der Waals surface area contributed by atoms with Gasteiger partial charge in [0.25, 0.3) is 6.01 Å². The van der Waals surface area contributed by atoms with E-state index in [1.807, 2.05) is 18.2 Å². The smallest absolute Gasteiger partial charge is 0.337 e. The average Bonchev–Trinajstić information content (AvgIpc) is 3.21. The topological polar surface area (TPSA) is 98.7 Å². The number of carbonyl (C=O) groups excluding carboxylic acids is 2. The lowest BCUT2D eigenvalue weighted by Crippen LogP contribution is -2.42. The first-order valence-corrected chi connectivity index (χ1v) is 8.07. The number of aromatic nitrogens is 1. The number of nitrogens with zero attached hydrogens (tertiary/aromatic N) is 2. The number of amides is 1. The second-order valence-electron chi connectivity index (χ2n) is 6.18. The van der Waals surface area contributed by atoms with Crippen molar-refractivity contribution >= 4 is 17.9 Å². The van der Waals surface area contributed by atoms with Gasteiger partial charge < -0.3 is 19.8 Å². The minimum atomic E-state index is -1.42. The number of rotatable bonds is 3. The monoisotopic (exact) mass is 351 g/mol. The molecule has 1 amide bonds. The Hall–Kier alpha value is -3.35. The summed E-state index contributed by atoms with van der Waals surface area (Å²) in [6.07, 6.45) is 1.61. The molecule has 26 heavy (non-hydrogen) atoms. The Bertz CT molecular complexity index is 1000. The fourth-order valence-corrected chi connectivity index (χ4v) is 4.00. The lowest BCUT2D eigenvalue weighted by Gasteiger charge is -2.26. The normalized spacial score (nSPS) is 20.5. The van der Waals surface area contributed by atoms with E-state index in [9.17, 15) is 9.59 Å². The molecule has 1 atom stereocenters. The molecule has 2 aliphatic rings. The van der Waals surface area contributed by atoms with Crippen molar-refractivity contribution in [1.29, 1.82) is 0 Å². The van der Waals surface area contributed by atoms with E-state index in [2.05, 4.69) is 11.6 Å². The molecule has 2 heterocycles. The fraction of sp³-hybridized carbons (Fsp3) is 0.211. The Morgan fingerprint density at radius 3 is 2.88 bits per heavy atom. The van der Waals surface area contributed by atoms with E-state index in [4.69, 9.17) is 14.9 Å². The standard InChI is InChI=1S/C19H17N3O4/c1-4-9-22-10(2)13(16(23)25-3)19(17(22)24)12-8-6-5-7-11(12)14-15(19)21-18(20)26-14/h4-8H,1,9H2,2-3H3,(H2,20,21)/t19-/m1/s1. The molecule has 7 nitrogen and oxygen atoms in total. The number of hydrogen-bond donors (Lipinski definition) is 1. The van der Waals surface area contributed by atoms with Crippen LogP contribution in [0.5, 0.6) is 0 Å². The van der Waals surface area contributed by atoms with Crippen LogP contribution in [0.15, 0.2) is 52.6 Å². The van der Waals surface area contributed by atoms with E-state index < -0.39 is 11.4 Å². The van der Waals surface area contributed by atoms with Gasteiger partial charge in [-0.05, 0) is 12.5 Å². The van der Waals surface area contributed by atoms with Crippen LogP contribution in [0.1, 0.15) is 18.2 Å². The first-order valence-electron chi connectivity index (χ1n) is 8.07. The van der Waals surface area contributed by atoms with Gasteiger partial charge in [-0.2, -0.15) is 4.98 Å². The highest BCUT2D eigenvalue weighted by atomic mass is 16.5. The first kappa shape index (κ1) is 16.1. The highest BCUT2D eigenvalue weighted by molar-refractivity contribution is 6.14. The van der Waals surface area contributed by atoms with Crippen molar-refractivity contribution in [1.82, 2.24) is 9.88 Å². The Morgan fingerprint density at radius 1 is 1.46 bits per heavy atom. The molecule has 1 aliphatic carbocycles. The van der Waals surface area contributed by atoms with Gasteiger partial charge in [0.2, 0.25) is 5.91 Å². The molecule has 1 aliphatic heterocycles. The van der Waals surface area contributed by atoms with Gasteiger partial charge in [-0.15, -0.1) is 6.58 Å². The third kappa shape index (κ3) is 1.69. The predicted octanol–water partition coefficient (Wildman–Crippen LogP) is 2.00. The molecule has 1 aromatic heterocycles. The molecule has 0 bridgehead atoms. The summed E-state index contributed by atoms with van der Waals surface area (Å²) in [6.45, 7) is 5.68. The first-order chi connectivity index (χ1) is 12.5. The Morgan fingerprint density at radius 2 is 2.19 bits per heavy atom. The number of ether oxygens (including phenoxy) is 1. The number of esters is 1. The van der Waals surface area contributed by atoms with Crippen molar-refractivity contribution in [3.63, 3.8) is 0 Å². The minimum Gasteiger partial charge on any atom is -0.466 e. The largest absolute Gasteiger partial charge is 0.466 e. The van der Waals surface area contributed by atoms with Crippen LogP contribution in [0, 0.1) is 0 Å². The van der Waals surface area contributed by atoms with Gasteiger partial charge in [-0.3, -0.25) is 4.79 Å². The van der Waals surface area contributed by atoms with Gasteiger partial charge in [-0.25, -0.2) is 4.79 Å². The summed E-state index contributed by atoms with van der Waals surface area (Å²) >= 11 is 0. The van der Waals surface area contributed by atoms with E-state index >= 15 is 0 Å². The van der Waals surface area contributed by atoms with Gasteiger partial charge in [0.15, 0.2) is 11.2 Å². The number of oxazole rings is 1. The highest BCUT2D eigenvalue weighted by Crippen LogP contribution is 2.57. The molecule has 2 aromatic rings. The van der Waals surface area contributed by atoms with Gasteiger partial charge in [0.1, 0.15) is 5.69 Å². The summed E-state index contributed by atoms with van der Waals surface area (Å²) in [5.41, 5.74) is 6.74. The number of fused-ring (bicyclic) bond motifs is 5. The van der Waals surface area contributed by atoms with Gasteiger partial charge in [-0.1, -0.05) is 30.3 Å². The number of methoxy groups -OCH3 is 1. The number of carbonyl (C=O) groups is 2. The molecule has 0 fully saturated rings. The van der Waals surface area contributed by atoms with Crippen molar-refractivity contribution in [2.45, 2.75) is 12.3 Å². The Balaban J connectivity index is 2.12. The van der Waals surface area contributed by atoms with Crippen molar-refractivity contribution in [2.75, 3.05) is 19.4 Å². The lowest BCUT2D eigenvalue weighted by atomic mass is 9.74. The maximum absolute atomic E-state index is 13.6. The molecule has 4 rings (SSSR count). The van der Waals surface area contributed by atoms with Crippen molar-refractivity contribution in [3.8, 4) is 11.3 Å². The molecule has 1 spiro atoms. The number of benzene rings is 1. The second-order valence-corrected chi connectivity index (χ2v) is 6.18. The van der Waals surface area contributed by atoms with E-state index in [1.165, 1.54) is 12.0 Å². The molecule has 2 N–H and O–H groups in total. The summed E-state index contributed by atoms with van der Waals surface area (Å²) in [5, 5.41) is 0. The van der Waals surface area contributed by atoms with E-state index in [0.717, 1.165) is 0 Å². The van der Waals surface area contributed by atoms with Crippen LogP contribution in [0.4, 0.5) is 6.01 Å². The van der Waals surface area contributed by atoms with Crippen LogP contribution in [0.25, 0.3) is 11.3 Å². The molecule has 0 saturated heterocycles. The molecule has 1 aromatic carbocycles. The Labute approximate surface area is 149 Å². The zero-order valence-corrected chi connectivity index (χ0v) is 14.4. The molecular formula is C19H17N3O4. The number of nitrogens with two attached hydrogens (primary N) is 1. The van der Waals surface area contributed by atoms with Crippen LogP contribution in [-0.4, -0.2) is 35.4 Å². The maximum Gasteiger partial charge on any atom is 0.337 e. The van der Waals surface area contributed by atoms with Crippen LogP contribution >= 0.6 is 0 Å². The number of nitrogen functional groups attached to an aromatic ring is 1. The van der Waals surface area contributed by atoms with Crippen molar-refractivity contribution < 1.29 is 18.7 Å². The number of anilines is 1. The predicted molar refractivity (Wildman–Crippen MR) is 93.8 cm³/mol. The van der Waals surface area contributed by atoms with Crippen LogP contribution in [-0.2, 0) is 19.7 Å². The van der Waals surface area contributed by atoms with E-state index in [-0.39, 0.29) is 24.0 Å². The van der Waals surface area contributed by atoms with Crippen LogP contribution in [0.2, 0.25) is 0 Å². The fourth-order valence-electron chi connectivity index (χ4n) is 4.00. The van der Waals surface area contributed by atoms with Crippen LogP contribution in [0.3, 0.4) is 0 Å². The van der Waals surface area contributed by atoms with Gasteiger partial charge in [0.05, 0.1) is 12.7 Å². The molecular weight excluding hydrogens is 334 g/mol. The summed E-state index contributed by atoms with van der Waals surface area (Å²) < 4.78 is 10.6. The Kier molecular flexibility index (Phi) is 3.30. The van der Waals surface area contributed by atoms with Crippen molar-refractivity contribution in [3.05, 3.63) is 59.4 Å². The zero-order valence-electron chi connectivity index (χ0n) is 14.4. The molecule has 0 unspecified atom stereocenters. The molecule has 0 radical (unpaired) electrons. The SMILES string of the molecule is C=CCN1C(=O)[C@@]2(C(C(=O)OC)=C1C)c1ccccc1-c1oc(N)nc12. The van der Waals surface area contributed by atoms with E-state index in [1.54, 1.807) is 19.1 Å². The van der Waals surface area contributed by atoms with Gasteiger partial charge in [0, 0.05) is 17.8 Å². The summed E-state index contributed by atoms with van der Waals surface area (Å²) in [6, 6.07) is 7.20. The zero-order chi connectivity index (χ0) is 18.6. The van der Waals surface area contributed by atoms with Crippen molar-refractivity contribution in [2.24, 2.45) is 0 Å². The number of allylic oxidation sites excluding steroid dienone is 1. The summed E-state index contributed by atoms with van der Waals surface area (Å²) in [7, 11) is 1.29. The minimum absolute atomic E-state index is 0.0549. The van der Waals surface area contributed by atoms with E-state index in [0.29, 0.717) is 28.3 Å². The van der Waals surface area contributed by atoms with Gasteiger partial charge >= 0.3 is 5.97 Å². The summed E-state index contributed by atoms with van der Waals surface area (Å²) in [5.74, 6) is -0.484. The summed E-state index contributed by atoms with van der Waals surface area (Å²) in [4.78, 5) is 32.1. The van der Waals surface area contributed by atoms with Crippen LogP contribution < -0.4 is 5.73 Å². The number of hydrogen-bond acceptors (Lipinski definition) is 6. The average molecular weight is 351 g/mol. The third-order valence-corrected chi connectivity index (χ3v) is 4.98. The quantitative estimate of drug-likeness (QED) is 0.671.